The Labute approximate surface area is 104 Å². The molecule has 0 saturated heterocycles. The number of ketones is 2. The molecular formula is C15H12O3. The molecule has 0 aromatic heterocycles. The Morgan fingerprint density at radius 3 is 2.22 bits per heavy atom. The van der Waals surface area contributed by atoms with E-state index in [-0.39, 0.29) is 17.0 Å². The molecule has 3 nitrogen and oxygen atoms in total. The third kappa shape index (κ3) is 1.57. The van der Waals surface area contributed by atoms with Crippen molar-refractivity contribution in [3.8, 4) is 0 Å². The summed E-state index contributed by atoms with van der Waals surface area (Å²) in [6.07, 6.45) is 3.99. The van der Waals surface area contributed by atoms with E-state index in [0.717, 1.165) is 5.57 Å². The predicted octanol–water partition coefficient (Wildman–Crippen LogP) is 2.05. The van der Waals surface area contributed by atoms with Crippen molar-refractivity contribution in [2.45, 2.75) is 6.42 Å². The van der Waals surface area contributed by atoms with Crippen molar-refractivity contribution >= 4 is 11.6 Å². The molecule has 18 heavy (non-hydrogen) atoms. The van der Waals surface area contributed by atoms with E-state index in [4.69, 9.17) is 0 Å². The summed E-state index contributed by atoms with van der Waals surface area (Å²) in [5.41, 5.74) is 3.00. The number of allylic oxidation sites excluding steroid dienone is 5. The third-order valence-corrected chi connectivity index (χ3v) is 3.15. The first-order chi connectivity index (χ1) is 8.18. The van der Waals surface area contributed by atoms with E-state index >= 15 is 0 Å². The van der Waals surface area contributed by atoms with Crippen LogP contribution in [-0.4, -0.2) is 17.0 Å². The Kier molecular flexibility index (Phi) is 2.85. The van der Waals surface area contributed by atoms with E-state index in [1.54, 1.807) is 36.4 Å². The molecule has 0 bridgehead atoms. The second kappa shape index (κ2) is 4.20. The van der Waals surface area contributed by atoms with Gasteiger partial charge >= 0.3 is 0 Å². The molecule has 0 amide bonds. The molecule has 2 aliphatic carbocycles. The Morgan fingerprint density at radius 1 is 0.944 bits per heavy atom. The van der Waals surface area contributed by atoms with Crippen LogP contribution in [0, 0.1) is 0 Å². The number of hydrogen-bond donors (Lipinski definition) is 0. The van der Waals surface area contributed by atoms with Gasteiger partial charge in [-0.1, -0.05) is 48.6 Å². The lowest BCUT2D eigenvalue weighted by atomic mass is 9.79. The van der Waals surface area contributed by atoms with Crippen LogP contribution in [0.1, 0.15) is 27.1 Å². The van der Waals surface area contributed by atoms with Crippen molar-refractivity contribution in [1.29, 1.82) is 0 Å². The third-order valence-electron chi connectivity index (χ3n) is 3.15. The molecule has 1 aromatic rings. The van der Waals surface area contributed by atoms with E-state index < -0.39 is 0 Å². The van der Waals surface area contributed by atoms with Gasteiger partial charge in [0.1, 0.15) is 0 Å². The van der Waals surface area contributed by atoms with Gasteiger partial charge in [-0.2, -0.15) is 0 Å². The van der Waals surface area contributed by atoms with Gasteiger partial charge < -0.3 is 5.48 Å². The standard InChI is InChI=1S/C15H10O2.H2O/c1-9-6-7-12-13(8-9)15(17)11-5-3-2-4-10(11)14(12)16;/h2-7H,1,8H2;1H2. The zero-order valence-electron chi connectivity index (χ0n) is 9.69. The van der Waals surface area contributed by atoms with E-state index in [0.29, 0.717) is 28.7 Å². The Hall–Kier alpha value is -2.26. The van der Waals surface area contributed by atoms with Crippen LogP contribution in [0.5, 0.6) is 0 Å². The van der Waals surface area contributed by atoms with Gasteiger partial charge in [-0.3, -0.25) is 9.59 Å². The van der Waals surface area contributed by atoms with Gasteiger partial charge in [0.05, 0.1) is 0 Å². The SMILES string of the molecule is C=C1C=CC2=C(C1)C(=O)c1ccccc1C2=O.O. The van der Waals surface area contributed by atoms with Crippen molar-refractivity contribution in [2.24, 2.45) is 0 Å². The highest BCUT2D eigenvalue weighted by atomic mass is 16.1. The molecule has 0 saturated carbocycles. The first kappa shape index (κ1) is 12.2. The van der Waals surface area contributed by atoms with Crippen molar-refractivity contribution in [1.82, 2.24) is 0 Å². The van der Waals surface area contributed by atoms with E-state index in [9.17, 15) is 9.59 Å². The smallest absolute Gasteiger partial charge is 0.194 e. The van der Waals surface area contributed by atoms with Crippen molar-refractivity contribution < 1.29 is 15.1 Å². The quantitative estimate of drug-likeness (QED) is 0.696. The monoisotopic (exact) mass is 240 g/mol. The number of fused-ring (bicyclic) bond motifs is 1. The summed E-state index contributed by atoms with van der Waals surface area (Å²) in [4.78, 5) is 24.5. The maximum atomic E-state index is 12.3. The second-order valence-electron chi connectivity index (χ2n) is 4.26. The van der Waals surface area contributed by atoms with Crippen LogP contribution in [0.4, 0.5) is 0 Å². The van der Waals surface area contributed by atoms with Gasteiger partial charge in [0.25, 0.3) is 0 Å². The Balaban J connectivity index is 0.00000120. The number of rotatable bonds is 0. The summed E-state index contributed by atoms with van der Waals surface area (Å²) in [5.74, 6) is -0.0975. The highest BCUT2D eigenvalue weighted by Gasteiger charge is 2.31. The topological polar surface area (TPSA) is 65.6 Å². The minimum Gasteiger partial charge on any atom is -0.412 e. The lowest BCUT2D eigenvalue weighted by Gasteiger charge is -2.22. The summed E-state index contributed by atoms with van der Waals surface area (Å²) in [6.45, 7) is 3.84. The highest BCUT2D eigenvalue weighted by molar-refractivity contribution is 6.28. The molecule has 0 spiro atoms. The molecule has 90 valence electrons. The minimum atomic E-state index is -0.0565. The van der Waals surface area contributed by atoms with Crippen molar-refractivity contribution in [2.75, 3.05) is 0 Å². The summed E-state index contributed by atoms with van der Waals surface area (Å²) in [6, 6.07) is 6.97. The molecule has 0 fully saturated rings. The summed E-state index contributed by atoms with van der Waals surface area (Å²) < 4.78 is 0. The predicted molar refractivity (Wildman–Crippen MR) is 68.6 cm³/mol. The molecule has 2 N–H and O–H groups in total. The van der Waals surface area contributed by atoms with Crippen LogP contribution in [0.3, 0.4) is 0 Å². The summed E-state index contributed by atoms with van der Waals surface area (Å²) in [5, 5.41) is 0. The van der Waals surface area contributed by atoms with Crippen LogP contribution < -0.4 is 0 Å². The molecule has 0 atom stereocenters. The molecule has 3 heteroatoms. The van der Waals surface area contributed by atoms with Gasteiger partial charge in [0, 0.05) is 28.7 Å². The van der Waals surface area contributed by atoms with Gasteiger partial charge in [-0.15, -0.1) is 0 Å². The second-order valence-corrected chi connectivity index (χ2v) is 4.26. The molecule has 2 aliphatic rings. The molecule has 3 rings (SSSR count). The zero-order valence-corrected chi connectivity index (χ0v) is 9.69. The number of Topliss-reactive ketones (excluding diaryl/α,β-unsaturated/α-hetero) is 2. The Bertz CT molecular complexity index is 633. The lowest BCUT2D eigenvalue weighted by Crippen LogP contribution is -2.22. The fourth-order valence-electron chi connectivity index (χ4n) is 2.29. The number of hydrogen-bond acceptors (Lipinski definition) is 2. The number of carbonyl (C=O) groups is 2. The maximum Gasteiger partial charge on any atom is 0.194 e. The van der Waals surface area contributed by atoms with E-state index in [1.807, 2.05) is 0 Å². The van der Waals surface area contributed by atoms with E-state index in [2.05, 4.69) is 6.58 Å². The minimum absolute atomic E-state index is 0. The van der Waals surface area contributed by atoms with E-state index in [1.165, 1.54) is 0 Å². The fourth-order valence-corrected chi connectivity index (χ4v) is 2.29. The van der Waals surface area contributed by atoms with Gasteiger partial charge in [0.15, 0.2) is 11.6 Å². The molecule has 0 aliphatic heterocycles. The fraction of sp³-hybridized carbons (Fsp3) is 0.0667. The molecular weight excluding hydrogens is 228 g/mol. The van der Waals surface area contributed by atoms with Crippen LogP contribution >= 0.6 is 0 Å². The zero-order chi connectivity index (χ0) is 12.0. The first-order valence-electron chi connectivity index (χ1n) is 5.46. The van der Waals surface area contributed by atoms with Gasteiger partial charge in [0.2, 0.25) is 0 Å². The average molecular weight is 240 g/mol. The van der Waals surface area contributed by atoms with Crippen LogP contribution in [0.15, 0.2) is 59.7 Å². The normalized spacial score (nSPS) is 17.2. The van der Waals surface area contributed by atoms with Gasteiger partial charge in [-0.25, -0.2) is 0 Å². The molecule has 0 unspecified atom stereocenters. The highest BCUT2D eigenvalue weighted by Crippen LogP contribution is 2.33. The summed E-state index contributed by atoms with van der Waals surface area (Å²) >= 11 is 0. The molecule has 1 aromatic carbocycles. The van der Waals surface area contributed by atoms with Crippen molar-refractivity contribution in [3.63, 3.8) is 0 Å². The summed E-state index contributed by atoms with van der Waals surface area (Å²) in [7, 11) is 0. The van der Waals surface area contributed by atoms with Crippen LogP contribution in [-0.2, 0) is 0 Å². The average Bonchev–Trinajstić information content (AvgIpc) is 2.36. The molecule has 0 radical (unpaired) electrons. The maximum absolute atomic E-state index is 12.3. The molecule has 0 heterocycles. The number of carbonyl (C=O) groups excluding carboxylic acids is 2. The Morgan fingerprint density at radius 2 is 1.56 bits per heavy atom. The lowest BCUT2D eigenvalue weighted by molar-refractivity contribution is 0.0975. The van der Waals surface area contributed by atoms with Crippen LogP contribution in [0.2, 0.25) is 0 Å². The van der Waals surface area contributed by atoms with Crippen molar-refractivity contribution in [3.05, 3.63) is 70.8 Å². The number of benzene rings is 1. The van der Waals surface area contributed by atoms with Gasteiger partial charge in [-0.05, 0) is 0 Å². The van der Waals surface area contributed by atoms with Crippen LogP contribution in [0.25, 0.3) is 0 Å². The first-order valence-corrected chi connectivity index (χ1v) is 5.46. The largest absolute Gasteiger partial charge is 0.412 e.